The highest BCUT2D eigenvalue weighted by Gasteiger charge is 2.48. The van der Waals surface area contributed by atoms with Crippen molar-refractivity contribution in [1.82, 2.24) is 0 Å². The van der Waals surface area contributed by atoms with Crippen molar-refractivity contribution < 1.29 is 23.8 Å². The number of alkyl halides is 2. The SMILES string of the molecule is N#Cc1ccc(-c2cccc3cc(C(O)C(F)(F)C(=O)O)sc23)c2ccccc12. The van der Waals surface area contributed by atoms with E-state index in [9.17, 15) is 23.9 Å². The second-order valence-electron chi connectivity index (χ2n) is 6.52. The molecule has 0 spiro atoms. The van der Waals surface area contributed by atoms with Gasteiger partial charge in [0, 0.05) is 20.5 Å². The highest BCUT2D eigenvalue weighted by molar-refractivity contribution is 7.19. The van der Waals surface area contributed by atoms with Crippen molar-refractivity contribution in [2.24, 2.45) is 0 Å². The van der Waals surface area contributed by atoms with E-state index in [2.05, 4.69) is 6.07 Å². The smallest absolute Gasteiger partial charge is 0.377 e. The number of aliphatic hydroxyl groups is 1. The Hall–Kier alpha value is -3.34. The number of nitrogens with zero attached hydrogens (tertiary/aromatic N) is 1. The first-order chi connectivity index (χ1) is 13.8. The molecule has 0 aliphatic rings. The number of carbonyl (C=O) groups is 1. The van der Waals surface area contributed by atoms with Gasteiger partial charge in [0.1, 0.15) is 0 Å². The average molecular weight is 409 g/mol. The van der Waals surface area contributed by atoms with Gasteiger partial charge >= 0.3 is 11.9 Å². The van der Waals surface area contributed by atoms with E-state index in [1.807, 2.05) is 30.3 Å². The van der Waals surface area contributed by atoms with Crippen LogP contribution >= 0.6 is 11.3 Å². The number of fused-ring (bicyclic) bond motifs is 2. The summed E-state index contributed by atoms with van der Waals surface area (Å²) in [5.74, 6) is -6.66. The molecule has 4 aromatic rings. The summed E-state index contributed by atoms with van der Waals surface area (Å²) in [4.78, 5) is 10.7. The van der Waals surface area contributed by atoms with Crippen LogP contribution in [0.1, 0.15) is 16.5 Å². The van der Waals surface area contributed by atoms with Crippen LogP contribution in [0.4, 0.5) is 8.78 Å². The van der Waals surface area contributed by atoms with Crippen LogP contribution in [0.3, 0.4) is 0 Å². The Bertz CT molecular complexity index is 1310. The van der Waals surface area contributed by atoms with Gasteiger partial charge in [0.25, 0.3) is 0 Å². The molecule has 0 aliphatic heterocycles. The maximum atomic E-state index is 13.8. The first kappa shape index (κ1) is 19.0. The van der Waals surface area contributed by atoms with Crippen molar-refractivity contribution in [1.29, 1.82) is 5.26 Å². The molecule has 144 valence electrons. The van der Waals surface area contributed by atoms with Crippen molar-refractivity contribution in [3.05, 3.63) is 71.1 Å². The van der Waals surface area contributed by atoms with E-state index in [1.54, 1.807) is 24.3 Å². The van der Waals surface area contributed by atoms with Gasteiger partial charge in [-0.1, -0.05) is 48.5 Å². The van der Waals surface area contributed by atoms with E-state index < -0.39 is 18.0 Å². The minimum absolute atomic E-state index is 0.127. The third-order valence-electron chi connectivity index (χ3n) is 4.80. The molecule has 3 aromatic carbocycles. The van der Waals surface area contributed by atoms with Crippen molar-refractivity contribution in [3.63, 3.8) is 0 Å². The van der Waals surface area contributed by atoms with Gasteiger partial charge in [-0.25, -0.2) is 4.79 Å². The molecular weight excluding hydrogens is 396 g/mol. The number of aliphatic carboxylic acids is 1. The van der Waals surface area contributed by atoms with E-state index >= 15 is 0 Å². The number of carboxylic acids is 1. The first-order valence-electron chi connectivity index (χ1n) is 8.58. The summed E-state index contributed by atoms with van der Waals surface area (Å²) in [5.41, 5.74) is 2.10. The van der Waals surface area contributed by atoms with Gasteiger partial charge in [-0.2, -0.15) is 14.0 Å². The van der Waals surface area contributed by atoms with Crippen molar-refractivity contribution in [3.8, 4) is 17.2 Å². The number of aliphatic hydroxyl groups excluding tert-OH is 1. The lowest BCUT2D eigenvalue weighted by molar-refractivity contribution is -0.182. The summed E-state index contributed by atoms with van der Waals surface area (Å²) >= 11 is 0.931. The zero-order valence-electron chi connectivity index (χ0n) is 14.8. The fraction of sp³-hybridized carbons (Fsp3) is 0.0909. The van der Waals surface area contributed by atoms with Crippen LogP contribution in [0.25, 0.3) is 32.0 Å². The van der Waals surface area contributed by atoms with Crippen molar-refractivity contribution in [2.45, 2.75) is 12.0 Å². The molecule has 1 unspecified atom stereocenters. The second-order valence-corrected chi connectivity index (χ2v) is 7.61. The summed E-state index contributed by atoms with van der Waals surface area (Å²) in [6, 6.07) is 19.8. The molecular formula is C22H13F2NO3S. The quantitative estimate of drug-likeness (QED) is 0.476. The second kappa shape index (κ2) is 6.92. The van der Waals surface area contributed by atoms with E-state index in [0.29, 0.717) is 15.6 Å². The maximum absolute atomic E-state index is 13.8. The van der Waals surface area contributed by atoms with Crippen LogP contribution in [-0.2, 0) is 4.79 Å². The molecule has 29 heavy (non-hydrogen) atoms. The number of hydrogen-bond donors (Lipinski definition) is 2. The number of nitriles is 1. The van der Waals surface area contributed by atoms with E-state index in [0.717, 1.165) is 33.2 Å². The Kier molecular flexibility index (Phi) is 4.53. The van der Waals surface area contributed by atoms with Gasteiger partial charge < -0.3 is 10.2 Å². The van der Waals surface area contributed by atoms with E-state index in [4.69, 9.17) is 5.11 Å². The molecule has 0 saturated heterocycles. The zero-order chi connectivity index (χ0) is 20.8. The van der Waals surface area contributed by atoms with Gasteiger partial charge in [0.15, 0.2) is 6.10 Å². The summed E-state index contributed by atoms with van der Waals surface area (Å²) in [6.45, 7) is 0. The third-order valence-corrected chi connectivity index (χ3v) is 6.03. The number of hydrogen-bond acceptors (Lipinski definition) is 4. The molecule has 1 heterocycles. The van der Waals surface area contributed by atoms with Crippen LogP contribution in [0, 0.1) is 11.3 Å². The minimum atomic E-state index is -4.29. The normalized spacial score (nSPS) is 12.8. The van der Waals surface area contributed by atoms with Gasteiger partial charge in [-0.05, 0) is 28.5 Å². The van der Waals surface area contributed by atoms with Gasteiger partial charge in [0.05, 0.1) is 11.6 Å². The summed E-state index contributed by atoms with van der Waals surface area (Å²) in [5, 5.41) is 30.3. The maximum Gasteiger partial charge on any atom is 0.377 e. The number of benzene rings is 3. The predicted molar refractivity (Wildman–Crippen MR) is 107 cm³/mol. The number of rotatable bonds is 4. The Labute approximate surface area is 167 Å². The topological polar surface area (TPSA) is 81.3 Å². The number of halogens is 2. The van der Waals surface area contributed by atoms with Gasteiger partial charge in [-0.15, -0.1) is 11.3 Å². The standard InChI is InChI=1S/C22H13F2NO3S/c23-22(24,21(27)28)20(26)18-10-12-4-3-7-17(19(12)29-18)16-9-8-13(11-25)14-5-1-2-6-15(14)16/h1-10,20,26H,(H,27,28). The molecule has 2 N–H and O–H groups in total. The lowest BCUT2D eigenvalue weighted by Crippen LogP contribution is -2.35. The largest absolute Gasteiger partial charge is 0.477 e. The molecule has 0 aliphatic carbocycles. The van der Waals surface area contributed by atoms with Crippen LogP contribution < -0.4 is 0 Å². The summed E-state index contributed by atoms with van der Waals surface area (Å²) < 4.78 is 28.2. The minimum Gasteiger partial charge on any atom is -0.477 e. The third kappa shape index (κ3) is 3.03. The Morgan fingerprint density at radius 1 is 1.03 bits per heavy atom. The van der Waals surface area contributed by atoms with Crippen LogP contribution in [0.15, 0.2) is 60.7 Å². The molecule has 0 bridgehead atoms. The number of carboxylic acid groups (broad SMARTS) is 1. The Morgan fingerprint density at radius 3 is 2.45 bits per heavy atom. The zero-order valence-corrected chi connectivity index (χ0v) is 15.6. The van der Waals surface area contributed by atoms with Gasteiger partial charge in [0.2, 0.25) is 0 Å². The molecule has 1 aromatic heterocycles. The molecule has 0 amide bonds. The predicted octanol–water partition coefficient (Wildman–Crippen LogP) is 5.35. The van der Waals surface area contributed by atoms with Crippen LogP contribution in [-0.4, -0.2) is 22.1 Å². The monoisotopic (exact) mass is 409 g/mol. The molecule has 0 fully saturated rings. The summed E-state index contributed by atoms with van der Waals surface area (Å²) in [6.07, 6.45) is -2.44. The summed E-state index contributed by atoms with van der Waals surface area (Å²) in [7, 11) is 0. The number of thiophene rings is 1. The highest BCUT2D eigenvalue weighted by atomic mass is 32.1. The molecule has 0 radical (unpaired) electrons. The van der Waals surface area contributed by atoms with Crippen LogP contribution in [0.5, 0.6) is 0 Å². The fourth-order valence-corrected chi connectivity index (χ4v) is 4.57. The van der Waals surface area contributed by atoms with Crippen molar-refractivity contribution >= 4 is 38.2 Å². The van der Waals surface area contributed by atoms with E-state index in [-0.39, 0.29) is 4.88 Å². The Balaban J connectivity index is 1.94. The molecule has 1 atom stereocenters. The Morgan fingerprint density at radius 2 is 1.76 bits per heavy atom. The van der Waals surface area contributed by atoms with Crippen LogP contribution in [0.2, 0.25) is 0 Å². The average Bonchev–Trinajstić information content (AvgIpc) is 3.16. The molecule has 4 nitrogen and oxygen atoms in total. The van der Waals surface area contributed by atoms with E-state index in [1.165, 1.54) is 6.07 Å². The molecule has 0 saturated carbocycles. The lowest BCUT2D eigenvalue weighted by atomic mass is 9.95. The fourth-order valence-electron chi connectivity index (χ4n) is 3.36. The molecule has 7 heteroatoms. The van der Waals surface area contributed by atoms with Gasteiger partial charge in [-0.3, -0.25) is 0 Å². The highest BCUT2D eigenvalue weighted by Crippen LogP contribution is 2.43. The van der Waals surface area contributed by atoms with Crippen molar-refractivity contribution in [2.75, 3.05) is 0 Å². The first-order valence-corrected chi connectivity index (χ1v) is 9.40. The molecule has 4 rings (SSSR count). The lowest BCUT2D eigenvalue weighted by Gasteiger charge is -2.16.